The van der Waals surface area contributed by atoms with Crippen molar-refractivity contribution in [2.45, 2.75) is 10.8 Å². The Hall–Kier alpha value is -4.72. The Morgan fingerprint density at radius 2 is 0.708 bits per heavy atom. The second-order valence-corrected chi connectivity index (χ2v) is 16.4. The largest absolute Gasteiger partial charge is 0.457 e. The predicted octanol–water partition coefficient (Wildman–Crippen LogP) is 12.6. The summed E-state index contributed by atoms with van der Waals surface area (Å²) in [6, 6.07) is 48.6. The van der Waals surface area contributed by atoms with Gasteiger partial charge in [-0.2, -0.15) is 0 Å². The van der Waals surface area contributed by atoms with E-state index >= 15 is 0 Å². The maximum Gasteiger partial charge on any atom is 0.132 e. The third-order valence-corrected chi connectivity index (χ3v) is 14.7. The zero-order valence-electron chi connectivity index (χ0n) is 25.3. The van der Waals surface area contributed by atoms with Crippen LogP contribution in [0.25, 0.3) is 19.5 Å². The van der Waals surface area contributed by atoms with Gasteiger partial charge in [0.05, 0.1) is 10.8 Å². The van der Waals surface area contributed by atoms with Crippen LogP contribution in [0, 0.1) is 0 Å². The van der Waals surface area contributed by atoms with E-state index in [9.17, 15) is 0 Å². The lowest BCUT2D eigenvalue weighted by molar-refractivity contribution is 0.418. The van der Waals surface area contributed by atoms with Gasteiger partial charge < -0.3 is 9.47 Å². The van der Waals surface area contributed by atoms with Crippen LogP contribution in [0.15, 0.2) is 144 Å². The van der Waals surface area contributed by atoms with Gasteiger partial charge >= 0.3 is 0 Å². The highest BCUT2D eigenvalue weighted by Gasteiger charge is 2.60. The molecule has 48 heavy (non-hydrogen) atoms. The molecule has 0 amide bonds. The van der Waals surface area contributed by atoms with Crippen LogP contribution in [0.2, 0.25) is 0 Å². The molecule has 0 saturated heterocycles. The topological polar surface area (TPSA) is 18.5 Å². The molecule has 228 valence electrons. The van der Waals surface area contributed by atoms with Crippen LogP contribution in [0.1, 0.15) is 43.1 Å². The van der Waals surface area contributed by atoms with Gasteiger partial charge in [-0.1, -0.05) is 84.9 Å². The van der Waals surface area contributed by atoms with Crippen molar-refractivity contribution in [3.05, 3.63) is 187 Å². The van der Waals surface area contributed by atoms with Gasteiger partial charge in [0.1, 0.15) is 23.0 Å². The van der Waals surface area contributed by atoms with Gasteiger partial charge in [-0.3, -0.25) is 0 Å². The molecular formula is C42H24O2S4. The molecule has 2 spiro atoms. The lowest BCUT2D eigenvalue weighted by Gasteiger charge is -2.50. The number of ether oxygens (including phenoxy) is 2. The average molecular weight is 689 g/mol. The van der Waals surface area contributed by atoms with Gasteiger partial charge in [0, 0.05) is 51.5 Å². The number of thiophene rings is 4. The van der Waals surface area contributed by atoms with Crippen molar-refractivity contribution in [3.63, 3.8) is 0 Å². The first-order valence-corrected chi connectivity index (χ1v) is 19.3. The number of rotatable bonds is 2. The van der Waals surface area contributed by atoms with Crippen LogP contribution in [0.3, 0.4) is 0 Å². The molecule has 2 aliphatic heterocycles. The third-order valence-electron chi connectivity index (χ3n) is 10.1. The van der Waals surface area contributed by atoms with Crippen molar-refractivity contribution >= 4 is 45.3 Å². The number of para-hydroxylation sites is 4. The van der Waals surface area contributed by atoms with E-state index in [-0.39, 0.29) is 0 Å². The molecule has 8 aromatic rings. The van der Waals surface area contributed by atoms with E-state index in [4.69, 9.17) is 9.47 Å². The predicted molar refractivity (Wildman–Crippen MR) is 199 cm³/mol. The first-order chi connectivity index (χ1) is 23.8. The fraction of sp³-hybridized carbons (Fsp3) is 0.0476. The molecule has 0 saturated carbocycles. The maximum atomic E-state index is 6.73. The molecule has 2 nitrogen and oxygen atoms in total. The smallest absolute Gasteiger partial charge is 0.132 e. The van der Waals surface area contributed by atoms with E-state index in [0.29, 0.717) is 0 Å². The highest BCUT2D eigenvalue weighted by molar-refractivity contribution is 7.22. The van der Waals surface area contributed by atoms with Gasteiger partial charge in [-0.15, -0.1) is 45.3 Å². The molecule has 0 N–H and O–H groups in total. The summed E-state index contributed by atoms with van der Waals surface area (Å²) >= 11 is 7.48. The van der Waals surface area contributed by atoms with Crippen LogP contribution in [-0.4, -0.2) is 0 Å². The van der Waals surface area contributed by atoms with E-state index in [0.717, 1.165) is 23.0 Å². The van der Waals surface area contributed by atoms with Gasteiger partial charge in [0.25, 0.3) is 0 Å². The lowest BCUT2D eigenvalue weighted by atomic mass is 9.54. The van der Waals surface area contributed by atoms with Gasteiger partial charge in [0.15, 0.2) is 0 Å². The zero-order chi connectivity index (χ0) is 31.5. The monoisotopic (exact) mass is 688 g/mol. The average Bonchev–Trinajstić information content (AvgIpc) is 3.97. The highest BCUT2D eigenvalue weighted by atomic mass is 32.1. The van der Waals surface area contributed by atoms with Crippen LogP contribution in [-0.2, 0) is 10.8 Å². The molecule has 0 bridgehead atoms. The summed E-state index contributed by atoms with van der Waals surface area (Å²) in [7, 11) is 0. The Bertz CT molecular complexity index is 2220. The summed E-state index contributed by atoms with van der Waals surface area (Å²) < 4.78 is 13.5. The number of benzene rings is 4. The Morgan fingerprint density at radius 1 is 0.354 bits per heavy atom. The first kappa shape index (κ1) is 27.3. The van der Waals surface area contributed by atoms with Crippen molar-refractivity contribution < 1.29 is 9.47 Å². The molecule has 0 atom stereocenters. The number of hydrogen-bond donors (Lipinski definition) is 0. The second-order valence-electron chi connectivity index (χ2n) is 12.4. The summed E-state index contributed by atoms with van der Waals surface area (Å²) in [5.74, 6) is 3.64. The molecule has 0 unspecified atom stereocenters. The van der Waals surface area contributed by atoms with Gasteiger partial charge in [0.2, 0.25) is 0 Å². The summed E-state index contributed by atoms with van der Waals surface area (Å²) in [5, 5.41) is 4.36. The van der Waals surface area contributed by atoms with E-state index < -0.39 is 10.8 Å². The molecule has 0 fully saturated rings. The van der Waals surface area contributed by atoms with Gasteiger partial charge in [-0.25, -0.2) is 0 Å². The van der Waals surface area contributed by atoms with Crippen molar-refractivity contribution in [1.82, 2.24) is 0 Å². The number of hydrogen-bond acceptors (Lipinski definition) is 6. The molecule has 6 heterocycles. The first-order valence-electron chi connectivity index (χ1n) is 15.9. The molecular weight excluding hydrogens is 665 g/mol. The van der Waals surface area contributed by atoms with Crippen LogP contribution in [0.4, 0.5) is 0 Å². The minimum atomic E-state index is -0.588. The minimum absolute atomic E-state index is 0.588. The summed E-state index contributed by atoms with van der Waals surface area (Å²) in [4.78, 5) is 7.80. The molecule has 4 aromatic carbocycles. The second kappa shape index (κ2) is 9.91. The highest BCUT2D eigenvalue weighted by Crippen LogP contribution is 2.70. The Kier molecular flexibility index (Phi) is 5.62. The summed E-state index contributed by atoms with van der Waals surface area (Å²) in [6.07, 6.45) is 0. The van der Waals surface area contributed by atoms with E-state index in [2.05, 4.69) is 144 Å². The van der Waals surface area contributed by atoms with Gasteiger partial charge in [-0.05, 0) is 70.4 Å². The van der Waals surface area contributed by atoms with Crippen molar-refractivity contribution in [3.8, 4) is 42.5 Å². The maximum absolute atomic E-state index is 6.73. The van der Waals surface area contributed by atoms with Crippen molar-refractivity contribution in [2.75, 3.05) is 0 Å². The normalized spacial score (nSPS) is 15.3. The minimum Gasteiger partial charge on any atom is -0.457 e. The lowest BCUT2D eigenvalue weighted by Crippen LogP contribution is -2.45. The summed E-state index contributed by atoms with van der Waals surface area (Å²) in [5.41, 5.74) is 6.20. The fourth-order valence-corrected chi connectivity index (χ4v) is 12.8. The van der Waals surface area contributed by atoms with Crippen LogP contribution < -0.4 is 9.47 Å². The summed E-state index contributed by atoms with van der Waals surface area (Å²) in [6.45, 7) is 0. The van der Waals surface area contributed by atoms with Crippen LogP contribution >= 0.6 is 45.3 Å². The fourth-order valence-electron chi connectivity index (χ4n) is 8.28. The van der Waals surface area contributed by atoms with Crippen molar-refractivity contribution in [2.24, 2.45) is 0 Å². The molecule has 3 aliphatic rings. The number of fused-ring (bicyclic) bond motifs is 14. The molecule has 4 aromatic heterocycles. The SMILES string of the molecule is c1csc(-c2cc3c(s2)C2(c4ccccc4Oc4ccccc42)c2cc(-c4cccs4)sc2C32c3ccccc3Oc3ccccc32)c1. The third kappa shape index (κ3) is 3.36. The Balaban J connectivity index is 1.39. The molecule has 6 heteroatoms. The van der Waals surface area contributed by atoms with Crippen LogP contribution in [0.5, 0.6) is 23.0 Å². The zero-order valence-corrected chi connectivity index (χ0v) is 28.6. The quantitative estimate of drug-likeness (QED) is 0.180. The Labute approximate surface area is 293 Å². The standard InChI is InChI=1S/C42H24O2S4/c1-5-15-31-25(11-1)41(26-12-2-6-16-32(26)43-31)29-23-37(35-19-9-21-45-35)48-40(29)42(30-24-38(47-39(30)41)36-20-10-22-46-36)27-13-3-7-17-33(27)44-34-18-8-4-14-28(34)42/h1-24H. The van der Waals surface area contributed by atoms with E-state index in [1.54, 1.807) is 22.7 Å². The molecule has 11 rings (SSSR count). The molecule has 1 aliphatic carbocycles. The van der Waals surface area contributed by atoms with Crippen molar-refractivity contribution in [1.29, 1.82) is 0 Å². The van der Waals surface area contributed by atoms with E-state index in [1.807, 2.05) is 22.7 Å². The van der Waals surface area contributed by atoms with E-state index in [1.165, 1.54) is 62.6 Å². The molecule has 0 radical (unpaired) electrons. The Morgan fingerprint density at radius 3 is 1.04 bits per heavy atom.